The summed E-state index contributed by atoms with van der Waals surface area (Å²) in [6, 6.07) is 17.1. The van der Waals surface area contributed by atoms with Crippen LogP contribution in [0.5, 0.6) is 11.6 Å². The van der Waals surface area contributed by atoms with E-state index in [-0.39, 0.29) is 11.9 Å². The van der Waals surface area contributed by atoms with Crippen LogP contribution in [0.2, 0.25) is 0 Å². The molecule has 130 valence electrons. The van der Waals surface area contributed by atoms with Crippen LogP contribution >= 0.6 is 0 Å². The predicted octanol–water partition coefficient (Wildman–Crippen LogP) is 4.16. The summed E-state index contributed by atoms with van der Waals surface area (Å²) in [5.74, 6) is 0.915. The van der Waals surface area contributed by atoms with Crippen molar-refractivity contribution in [1.29, 1.82) is 0 Å². The minimum Gasteiger partial charge on any atom is -0.437 e. The van der Waals surface area contributed by atoms with E-state index in [1.165, 1.54) is 6.08 Å². The van der Waals surface area contributed by atoms with Crippen LogP contribution < -0.4 is 10.1 Å². The smallest absolute Gasteiger partial charge is 0.244 e. The third kappa shape index (κ3) is 5.01. The first kappa shape index (κ1) is 17.4. The third-order valence-electron chi connectivity index (χ3n) is 3.71. The maximum Gasteiger partial charge on any atom is 0.244 e. The number of nitrogens with zero attached hydrogens (tertiary/aromatic N) is 2. The highest BCUT2D eigenvalue weighted by Gasteiger charge is 2.09. The lowest BCUT2D eigenvalue weighted by atomic mass is 10.1. The average molecular weight is 345 g/mol. The lowest BCUT2D eigenvalue weighted by Gasteiger charge is -2.14. The first-order valence-electron chi connectivity index (χ1n) is 8.28. The molecule has 1 amide bonds. The topological polar surface area (TPSA) is 64.1 Å². The quantitative estimate of drug-likeness (QED) is 0.681. The molecule has 3 rings (SSSR count). The van der Waals surface area contributed by atoms with E-state index >= 15 is 0 Å². The molecule has 2 aromatic carbocycles. The Morgan fingerprint density at radius 2 is 1.96 bits per heavy atom. The lowest BCUT2D eigenvalue weighted by molar-refractivity contribution is -0.117. The van der Waals surface area contributed by atoms with Crippen LogP contribution in [0.4, 0.5) is 0 Å². The highest BCUT2D eigenvalue weighted by atomic mass is 16.5. The van der Waals surface area contributed by atoms with Crippen molar-refractivity contribution in [2.24, 2.45) is 0 Å². The first-order valence-corrected chi connectivity index (χ1v) is 8.28. The van der Waals surface area contributed by atoms with Crippen LogP contribution in [-0.4, -0.2) is 15.9 Å². The largest absolute Gasteiger partial charge is 0.437 e. The number of nitrogens with one attached hydrogen (secondary N) is 1. The lowest BCUT2D eigenvalue weighted by Crippen LogP contribution is -2.24. The predicted molar refractivity (Wildman–Crippen MR) is 101 cm³/mol. The molecule has 1 N–H and O–H groups in total. The zero-order chi connectivity index (χ0) is 18.2. The van der Waals surface area contributed by atoms with Gasteiger partial charge in [0.1, 0.15) is 5.75 Å². The minimum atomic E-state index is -0.159. The second kappa shape index (κ2) is 8.58. The Bertz CT molecular complexity index is 880. The van der Waals surface area contributed by atoms with E-state index in [2.05, 4.69) is 15.3 Å². The van der Waals surface area contributed by atoms with Gasteiger partial charge in [-0.1, -0.05) is 42.5 Å². The number of rotatable bonds is 6. The highest BCUT2D eigenvalue weighted by molar-refractivity contribution is 5.91. The summed E-state index contributed by atoms with van der Waals surface area (Å²) in [7, 11) is 0. The number of benzene rings is 2. The SMILES string of the molecule is C[C@H](NC(=O)/C=C/c1ccccc1)c1cccc(Oc2cnccn2)c1. The van der Waals surface area contributed by atoms with Gasteiger partial charge < -0.3 is 10.1 Å². The second-order valence-corrected chi connectivity index (χ2v) is 5.69. The number of amides is 1. The summed E-state index contributed by atoms with van der Waals surface area (Å²) in [5, 5.41) is 2.95. The Kier molecular flexibility index (Phi) is 5.72. The van der Waals surface area contributed by atoms with E-state index in [9.17, 15) is 4.79 Å². The Morgan fingerprint density at radius 1 is 1.12 bits per heavy atom. The van der Waals surface area contributed by atoms with Crippen molar-refractivity contribution in [1.82, 2.24) is 15.3 Å². The van der Waals surface area contributed by atoms with Crippen molar-refractivity contribution in [3.05, 3.63) is 90.4 Å². The molecule has 0 bridgehead atoms. The van der Waals surface area contributed by atoms with Gasteiger partial charge in [0.15, 0.2) is 0 Å². The van der Waals surface area contributed by atoms with Gasteiger partial charge >= 0.3 is 0 Å². The molecule has 1 heterocycles. The summed E-state index contributed by atoms with van der Waals surface area (Å²) in [5.41, 5.74) is 1.92. The molecule has 0 aliphatic heterocycles. The Labute approximate surface area is 152 Å². The van der Waals surface area contributed by atoms with Gasteiger partial charge in [-0.15, -0.1) is 0 Å². The van der Waals surface area contributed by atoms with Crippen molar-refractivity contribution in [3.63, 3.8) is 0 Å². The molecule has 0 radical (unpaired) electrons. The maximum atomic E-state index is 12.1. The molecule has 1 aromatic heterocycles. The van der Waals surface area contributed by atoms with Gasteiger partial charge in [0, 0.05) is 18.5 Å². The molecule has 0 aliphatic rings. The average Bonchev–Trinajstić information content (AvgIpc) is 2.68. The number of ether oxygens (including phenoxy) is 1. The fourth-order valence-corrected chi connectivity index (χ4v) is 2.39. The number of hydrogen-bond acceptors (Lipinski definition) is 4. The molecular weight excluding hydrogens is 326 g/mol. The minimum absolute atomic E-state index is 0.151. The van der Waals surface area contributed by atoms with Gasteiger partial charge in [-0.2, -0.15) is 0 Å². The normalized spacial score (nSPS) is 11.9. The van der Waals surface area contributed by atoms with Gasteiger partial charge in [-0.25, -0.2) is 4.98 Å². The number of carbonyl (C=O) groups excluding carboxylic acids is 1. The molecule has 0 saturated carbocycles. The van der Waals surface area contributed by atoms with Crippen LogP contribution in [0.25, 0.3) is 6.08 Å². The van der Waals surface area contributed by atoms with Crippen LogP contribution in [0, 0.1) is 0 Å². The van der Waals surface area contributed by atoms with Crippen molar-refractivity contribution in [3.8, 4) is 11.6 Å². The van der Waals surface area contributed by atoms with E-state index < -0.39 is 0 Å². The zero-order valence-electron chi connectivity index (χ0n) is 14.4. The molecule has 26 heavy (non-hydrogen) atoms. The highest BCUT2D eigenvalue weighted by Crippen LogP contribution is 2.22. The molecule has 0 fully saturated rings. The first-order chi connectivity index (χ1) is 12.7. The van der Waals surface area contributed by atoms with Crippen molar-refractivity contribution >= 4 is 12.0 Å². The van der Waals surface area contributed by atoms with E-state index in [1.807, 2.05) is 61.5 Å². The fourth-order valence-electron chi connectivity index (χ4n) is 2.39. The molecule has 0 aliphatic carbocycles. The number of aromatic nitrogens is 2. The molecule has 0 spiro atoms. The maximum absolute atomic E-state index is 12.1. The zero-order valence-corrected chi connectivity index (χ0v) is 14.4. The second-order valence-electron chi connectivity index (χ2n) is 5.69. The molecule has 3 aromatic rings. The third-order valence-corrected chi connectivity index (χ3v) is 3.71. The van der Waals surface area contributed by atoms with Crippen LogP contribution in [0.3, 0.4) is 0 Å². The van der Waals surface area contributed by atoms with E-state index in [0.717, 1.165) is 11.1 Å². The summed E-state index contributed by atoms with van der Waals surface area (Å²) in [4.78, 5) is 20.2. The van der Waals surface area contributed by atoms with Crippen molar-refractivity contribution in [2.75, 3.05) is 0 Å². The summed E-state index contributed by atoms with van der Waals surface area (Å²) >= 11 is 0. The van der Waals surface area contributed by atoms with Gasteiger partial charge in [0.05, 0.1) is 12.2 Å². The summed E-state index contributed by atoms with van der Waals surface area (Å²) < 4.78 is 5.68. The molecule has 5 nitrogen and oxygen atoms in total. The van der Waals surface area contributed by atoms with Crippen LogP contribution in [0.15, 0.2) is 79.3 Å². The van der Waals surface area contributed by atoms with Crippen LogP contribution in [-0.2, 0) is 4.79 Å². The number of carbonyl (C=O) groups is 1. The fraction of sp³-hybridized carbons (Fsp3) is 0.0952. The van der Waals surface area contributed by atoms with Gasteiger partial charge in [0.2, 0.25) is 11.8 Å². The summed E-state index contributed by atoms with van der Waals surface area (Å²) in [6.45, 7) is 1.93. The monoisotopic (exact) mass is 345 g/mol. The Balaban J connectivity index is 1.62. The Morgan fingerprint density at radius 3 is 2.73 bits per heavy atom. The summed E-state index contributed by atoms with van der Waals surface area (Å²) in [6.07, 6.45) is 8.03. The molecule has 0 unspecified atom stereocenters. The van der Waals surface area contributed by atoms with Gasteiger partial charge in [-0.3, -0.25) is 9.78 Å². The molecule has 1 atom stereocenters. The molecular formula is C21H19N3O2. The van der Waals surface area contributed by atoms with E-state index in [0.29, 0.717) is 11.6 Å². The van der Waals surface area contributed by atoms with Gasteiger partial charge in [0.25, 0.3) is 0 Å². The molecule has 5 heteroatoms. The van der Waals surface area contributed by atoms with Crippen molar-refractivity contribution in [2.45, 2.75) is 13.0 Å². The Hall–Kier alpha value is -3.47. The van der Waals surface area contributed by atoms with E-state index in [4.69, 9.17) is 4.74 Å². The van der Waals surface area contributed by atoms with Crippen molar-refractivity contribution < 1.29 is 9.53 Å². The number of hydrogen-bond donors (Lipinski definition) is 1. The standard InChI is InChI=1S/C21H19N3O2/c1-16(24-20(25)11-10-17-6-3-2-4-7-17)18-8-5-9-19(14-18)26-21-15-22-12-13-23-21/h2-16H,1H3,(H,24,25)/b11-10+/t16-/m0/s1. The molecule has 0 saturated heterocycles. The van der Waals surface area contributed by atoms with E-state index in [1.54, 1.807) is 24.7 Å². The van der Waals surface area contributed by atoms with Crippen LogP contribution in [0.1, 0.15) is 24.1 Å². The van der Waals surface area contributed by atoms with Gasteiger partial charge in [-0.05, 0) is 36.3 Å².